The van der Waals surface area contributed by atoms with Gasteiger partial charge in [0.25, 0.3) is 5.91 Å². The molecular formula is C22H24FN3O2. The molecule has 1 aromatic heterocycles. The fourth-order valence-corrected chi connectivity index (χ4v) is 3.98. The molecule has 6 heteroatoms. The molecular weight excluding hydrogens is 357 g/mol. The Hall–Kier alpha value is -2.70. The van der Waals surface area contributed by atoms with E-state index in [1.165, 1.54) is 12.1 Å². The zero-order valence-corrected chi connectivity index (χ0v) is 15.7. The van der Waals surface area contributed by atoms with E-state index in [4.69, 9.17) is 0 Å². The second-order valence-electron chi connectivity index (χ2n) is 7.31. The van der Waals surface area contributed by atoms with Gasteiger partial charge in [0.1, 0.15) is 11.5 Å². The molecule has 0 radical (unpaired) electrons. The quantitative estimate of drug-likeness (QED) is 0.549. The summed E-state index contributed by atoms with van der Waals surface area (Å²) >= 11 is 0. The largest absolute Gasteiger partial charge is 0.391 e. The number of benzene rings is 2. The minimum absolute atomic E-state index is 0.170. The summed E-state index contributed by atoms with van der Waals surface area (Å²) in [6, 6.07) is 13.8. The molecule has 4 N–H and O–H groups in total. The molecule has 1 amide bonds. The van der Waals surface area contributed by atoms with Crippen LogP contribution >= 0.6 is 0 Å². The first-order valence-electron chi connectivity index (χ1n) is 9.64. The molecule has 0 spiro atoms. The van der Waals surface area contributed by atoms with Crippen molar-refractivity contribution >= 4 is 16.8 Å². The van der Waals surface area contributed by atoms with Crippen LogP contribution in [0.5, 0.6) is 0 Å². The van der Waals surface area contributed by atoms with Crippen molar-refractivity contribution in [3.63, 3.8) is 0 Å². The molecule has 3 aromatic rings. The average molecular weight is 381 g/mol. The van der Waals surface area contributed by atoms with Crippen LogP contribution in [0.1, 0.15) is 23.8 Å². The number of nitrogens with one attached hydrogen (secondary N) is 3. The van der Waals surface area contributed by atoms with Gasteiger partial charge in [0.15, 0.2) is 0 Å². The lowest BCUT2D eigenvalue weighted by Gasteiger charge is -2.18. The molecule has 28 heavy (non-hydrogen) atoms. The van der Waals surface area contributed by atoms with Crippen molar-refractivity contribution in [1.29, 1.82) is 0 Å². The number of aliphatic hydroxyl groups excluding tert-OH is 1. The van der Waals surface area contributed by atoms with Gasteiger partial charge in [-0.25, -0.2) is 4.39 Å². The Morgan fingerprint density at radius 3 is 2.75 bits per heavy atom. The van der Waals surface area contributed by atoms with Gasteiger partial charge in [0, 0.05) is 29.6 Å². The maximum atomic E-state index is 13.9. The van der Waals surface area contributed by atoms with Gasteiger partial charge >= 0.3 is 0 Å². The van der Waals surface area contributed by atoms with Gasteiger partial charge in [0.2, 0.25) is 0 Å². The van der Waals surface area contributed by atoms with E-state index in [2.05, 4.69) is 15.6 Å². The number of halogens is 1. The minimum Gasteiger partial charge on any atom is -0.391 e. The Kier molecular flexibility index (Phi) is 5.15. The number of aliphatic hydroxyl groups is 1. The van der Waals surface area contributed by atoms with Crippen LogP contribution in [0.4, 0.5) is 4.39 Å². The van der Waals surface area contributed by atoms with E-state index in [1.54, 1.807) is 6.07 Å². The van der Waals surface area contributed by atoms with Crippen molar-refractivity contribution in [3.8, 4) is 11.1 Å². The van der Waals surface area contributed by atoms with E-state index in [0.29, 0.717) is 28.7 Å². The molecule has 1 aliphatic heterocycles. The lowest BCUT2D eigenvalue weighted by atomic mass is 9.99. The Morgan fingerprint density at radius 2 is 2.04 bits per heavy atom. The van der Waals surface area contributed by atoms with Crippen LogP contribution in [-0.4, -0.2) is 41.2 Å². The summed E-state index contributed by atoms with van der Waals surface area (Å²) in [5, 5.41) is 17.2. The summed E-state index contributed by atoms with van der Waals surface area (Å²) in [6.45, 7) is 3.12. The summed E-state index contributed by atoms with van der Waals surface area (Å²) in [5.74, 6) is -0.415. The number of amides is 1. The number of aromatic amines is 1. The summed E-state index contributed by atoms with van der Waals surface area (Å²) in [5.41, 5.74) is 2.62. The van der Waals surface area contributed by atoms with Crippen LogP contribution in [0.25, 0.3) is 22.0 Å². The first-order valence-corrected chi connectivity index (χ1v) is 9.64. The third kappa shape index (κ3) is 3.41. The number of carbonyl (C=O) groups excluding carboxylic acids is 1. The number of hydrogen-bond donors (Lipinski definition) is 4. The molecule has 2 heterocycles. The Bertz CT molecular complexity index is 986. The number of fused-ring (bicyclic) bond motifs is 1. The molecule has 0 unspecified atom stereocenters. The molecule has 1 aliphatic rings. The predicted molar refractivity (Wildman–Crippen MR) is 108 cm³/mol. The van der Waals surface area contributed by atoms with Crippen molar-refractivity contribution in [2.24, 2.45) is 5.92 Å². The predicted octanol–water partition coefficient (Wildman–Crippen LogP) is 3.06. The Labute approximate surface area is 163 Å². The van der Waals surface area contributed by atoms with Crippen molar-refractivity contribution in [2.75, 3.05) is 13.1 Å². The highest BCUT2D eigenvalue weighted by molar-refractivity contribution is 6.09. The van der Waals surface area contributed by atoms with E-state index < -0.39 is 6.10 Å². The van der Waals surface area contributed by atoms with Crippen molar-refractivity contribution in [2.45, 2.75) is 25.5 Å². The lowest BCUT2D eigenvalue weighted by molar-refractivity contribution is 0.0910. The van der Waals surface area contributed by atoms with Gasteiger partial charge in [-0.3, -0.25) is 4.79 Å². The van der Waals surface area contributed by atoms with Gasteiger partial charge in [-0.15, -0.1) is 0 Å². The molecule has 2 aromatic carbocycles. The molecule has 1 saturated heterocycles. The zero-order chi connectivity index (χ0) is 19.7. The van der Waals surface area contributed by atoms with E-state index >= 15 is 0 Å². The summed E-state index contributed by atoms with van der Waals surface area (Å²) in [6.07, 6.45) is 0.417. The van der Waals surface area contributed by atoms with Gasteiger partial charge in [-0.2, -0.15) is 0 Å². The fraction of sp³-hybridized carbons (Fsp3) is 0.318. The third-order valence-electron chi connectivity index (χ3n) is 5.59. The van der Waals surface area contributed by atoms with Crippen molar-refractivity contribution in [1.82, 2.24) is 15.6 Å². The zero-order valence-electron chi connectivity index (χ0n) is 15.7. The molecule has 3 atom stereocenters. The van der Waals surface area contributed by atoms with E-state index in [-0.39, 0.29) is 23.7 Å². The van der Waals surface area contributed by atoms with Gasteiger partial charge < -0.3 is 20.7 Å². The minimum atomic E-state index is -0.476. The molecule has 146 valence electrons. The number of aromatic nitrogens is 1. The standard InChI is InChI=1S/C22H24FN3O2/c1-2-13-11-24-18(21(13)27)12-25-22(28)20-19(14-6-4-3-5-7-14)16-10-15(23)8-9-17(16)26-20/h3-10,13,18,21,24,26-27H,2,11-12H2,1H3,(H,25,28)/t13-,18+,21-/m0/s1. The normalized spacial score (nSPS) is 21.9. The fourth-order valence-electron chi connectivity index (χ4n) is 3.98. The first kappa shape index (κ1) is 18.7. The molecule has 4 rings (SSSR count). The topological polar surface area (TPSA) is 77.1 Å². The first-order chi connectivity index (χ1) is 13.6. The van der Waals surface area contributed by atoms with Gasteiger partial charge in [-0.1, -0.05) is 37.3 Å². The SMILES string of the molecule is CC[C@H]1CN[C@H](CNC(=O)c2[nH]c3ccc(F)cc3c2-c2ccccc2)[C@H]1O. The molecule has 5 nitrogen and oxygen atoms in total. The number of rotatable bonds is 5. The molecule has 1 fully saturated rings. The second-order valence-corrected chi connectivity index (χ2v) is 7.31. The highest BCUT2D eigenvalue weighted by Crippen LogP contribution is 2.33. The average Bonchev–Trinajstić information content (AvgIpc) is 3.26. The monoisotopic (exact) mass is 381 g/mol. The maximum Gasteiger partial charge on any atom is 0.268 e. The molecule has 0 aliphatic carbocycles. The van der Waals surface area contributed by atoms with Crippen LogP contribution in [0.2, 0.25) is 0 Å². The highest BCUT2D eigenvalue weighted by Gasteiger charge is 2.33. The van der Waals surface area contributed by atoms with E-state index in [0.717, 1.165) is 18.5 Å². The number of H-pyrrole nitrogens is 1. The van der Waals surface area contributed by atoms with Crippen LogP contribution in [0, 0.1) is 11.7 Å². The smallest absolute Gasteiger partial charge is 0.268 e. The van der Waals surface area contributed by atoms with Crippen molar-refractivity contribution in [3.05, 3.63) is 60.0 Å². The van der Waals surface area contributed by atoms with Crippen LogP contribution in [0.3, 0.4) is 0 Å². The van der Waals surface area contributed by atoms with Gasteiger partial charge in [-0.05, 0) is 36.1 Å². The third-order valence-corrected chi connectivity index (χ3v) is 5.59. The molecule has 0 saturated carbocycles. The van der Waals surface area contributed by atoms with Crippen LogP contribution in [0.15, 0.2) is 48.5 Å². The maximum absolute atomic E-state index is 13.9. The lowest BCUT2D eigenvalue weighted by Crippen LogP contribution is -2.43. The summed E-state index contributed by atoms with van der Waals surface area (Å²) in [7, 11) is 0. The summed E-state index contributed by atoms with van der Waals surface area (Å²) < 4.78 is 13.9. The molecule has 0 bridgehead atoms. The number of carbonyl (C=O) groups is 1. The Morgan fingerprint density at radius 1 is 1.25 bits per heavy atom. The van der Waals surface area contributed by atoms with Crippen molar-refractivity contribution < 1.29 is 14.3 Å². The van der Waals surface area contributed by atoms with Crippen LogP contribution in [-0.2, 0) is 0 Å². The van der Waals surface area contributed by atoms with Gasteiger partial charge in [0.05, 0.1) is 12.1 Å². The summed E-state index contributed by atoms with van der Waals surface area (Å²) in [4.78, 5) is 16.1. The Balaban J connectivity index is 1.64. The van der Waals surface area contributed by atoms with E-state index in [1.807, 2.05) is 37.3 Å². The highest BCUT2D eigenvalue weighted by atomic mass is 19.1. The van der Waals surface area contributed by atoms with Crippen LogP contribution < -0.4 is 10.6 Å². The number of hydrogen-bond acceptors (Lipinski definition) is 3. The van der Waals surface area contributed by atoms with E-state index in [9.17, 15) is 14.3 Å². The second kappa shape index (κ2) is 7.73.